The van der Waals surface area contributed by atoms with E-state index in [0.717, 1.165) is 11.3 Å². The molecule has 2 aromatic rings. The Bertz CT molecular complexity index is 657. The first kappa shape index (κ1) is 12.6. The molecular weight excluding hydrogens is 242 g/mol. The van der Waals surface area contributed by atoms with Crippen LogP contribution in [0.3, 0.4) is 0 Å². The lowest BCUT2D eigenvalue weighted by Gasteiger charge is -2.07. The number of hydrogen-bond donors (Lipinski definition) is 1. The lowest BCUT2D eigenvalue weighted by molar-refractivity contribution is -0.385. The molecular formula is C14H11N3O2. The van der Waals surface area contributed by atoms with Gasteiger partial charge in [0.25, 0.3) is 5.69 Å². The number of nitro benzene ring substituents is 1. The molecule has 0 amide bonds. The molecule has 0 fully saturated rings. The zero-order valence-corrected chi connectivity index (χ0v) is 10.3. The van der Waals surface area contributed by atoms with E-state index in [9.17, 15) is 10.1 Å². The summed E-state index contributed by atoms with van der Waals surface area (Å²) in [5, 5.41) is 22.7. The lowest BCUT2D eigenvalue weighted by atomic mass is 10.1. The van der Waals surface area contributed by atoms with Crippen molar-refractivity contribution in [2.24, 2.45) is 0 Å². The van der Waals surface area contributed by atoms with E-state index in [4.69, 9.17) is 5.26 Å². The lowest BCUT2D eigenvalue weighted by Crippen LogP contribution is -1.95. The van der Waals surface area contributed by atoms with Gasteiger partial charge in [0, 0.05) is 17.4 Å². The van der Waals surface area contributed by atoms with E-state index in [0.29, 0.717) is 5.69 Å². The first-order chi connectivity index (χ1) is 9.10. The van der Waals surface area contributed by atoms with Crippen molar-refractivity contribution in [1.29, 1.82) is 5.26 Å². The Morgan fingerprint density at radius 1 is 1.16 bits per heavy atom. The fraction of sp³-hybridized carbons (Fsp3) is 0.0714. The Balaban J connectivity index is 2.31. The molecule has 0 bridgehead atoms. The highest BCUT2D eigenvalue weighted by Crippen LogP contribution is 2.25. The van der Waals surface area contributed by atoms with E-state index in [-0.39, 0.29) is 11.3 Å². The number of nitriles is 1. The first-order valence-corrected chi connectivity index (χ1v) is 5.62. The van der Waals surface area contributed by atoms with Crippen molar-refractivity contribution in [1.82, 2.24) is 0 Å². The topological polar surface area (TPSA) is 79.0 Å². The minimum Gasteiger partial charge on any atom is -0.355 e. The van der Waals surface area contributed by atoms with Crippen LogP contribution in [0.25, 0.3) is 0 Å². The van der Waals surface area contributed by atoms with Crippen LogP contribution in [0.15, 0.2) is 42.5 Å². The second kappa shape index (κ2) is 5.19. The summed E-state index contributed by atoms with van der Waals surface area (Å²) in [6.07, 6.45) is 0. The molecule has 0 aliphatic carbocycles. The molecule has 0 aromatic heterocycles. The van der Waals surface area contributed by atoms with E-state index >= 15 is 0 Å². The minimum absolute atomic E-state index is 0.0551. The van der Waals surface area contributed by atoms with Crippen molar-refractivity contribution in [3.8, 4) is 6.07 Å². The summed E-state index contributed by atoms with van der Waals surface area (Å²) in [4.78, 5) is 10.3. The fourth-order valence-electron chi connectivity index (χ4n) is 1.66. The van der Waals surface area contributed by atoms with E-state index in [1.54, 1.807) is 12.1 Å². The Hall–Kier alpha value is -2.87. The van der Waals surface area contributed by atoms with Gasteiger partial charge in [0.15, 0.2) is 0 Å². The molecule has 5 heteroatoms. The van der Waals surface area contributed by atoms with Gasteiger partial charge in [-0.1, -0.05) is 17.7 Å². The Morgan fingerprint density at radius 3 is 2.37 bits per heavy atom. The monoisotopic (exact) mass is 253 g/mol. The maximum atomic E-state index is 10.9. The summed E-state index contributed by atoms with van der Waals surface area (Å²) in [5.74, 6) is 0. The van der Waals surface area contributed by atoms with Crippen molar-refractivity contribution in [2.75, 3.05) is 5.32 Å². The van der Waals surface area contributed by atoms with Crippen LogP contribution in [0.1, 0.15) is 11.1 Å². The summed E-state index contributed by atoms with van der Waals surface area (Å²) in [7, 11) is 0. The second-order valence-electron chi connectivity index (χ2n) is 4.09. The number of nitro groups is 1. The Morgan fingerprint density at radius 2 is 1.79 bits per heavy atom. The molecule has 2 aromatic carbocycles. The van der Waals surface area contributed by atoms with E-state index < -0.39 is 4.92 Å². The second-order valence-corrected chi connectivity index (χ2v) is 4.09. The summed E-state index contributed by atoms with van der Waals surface area (Å²) in [6.45, 7) is 1.98. The molecule has 1 N–H and O–H groups in total. The van der Waals surface area contributed by atoms with Crippen LogP contribution in [0.5, 0.6) is 0 Å². The van der Waals surface area contributed by atoms with E-state index in [1.807, 2.05) is 31.2 Å². The largest absolute Gasteiger partial charge is 0.355 e. The third kappa shape index (κ3) is 2.87. The molecule has 94 valence electrons. The average molecular weight is 253 g/mol. The molecule has 0 radical (unpaired) electrons. The van der Waals surface area contributed by atoms with Crippen molar-refractivity contribution in [3.05, 3.63) is 63.7 Å². The molecule has 0 heterocycles. The maximum absolute atomic E-state index is 10.9. The molecule has 2 rings (SSSR count). The quantitative estimate of drug-likeness (QED) is 0.670. The van der Waals surface area contributed by atoms with Crippen LogP contribution >= 0.6 is 0 Å². The third-order valence-corrected chi connectivity index (χ3v) is 2.66. The van der Waals surface area contributed by atoms with E-state index in [2.05, 4.69) is 5.32 Å². The van der Waals surface area contributed by atoms with Crippen LogP contribution in [0, 0.1) is 28.4 Å². The van der Waals surface area contributed by atoms with E-state index in [1.165, 1.54) is 12.1 Å². The zero-order chi connectivity index (χ0) is 13.8. The highest BCUT2D eigenvalue weighted by Gasteiger charge is 2.14. The number of nitrogens with one attached hydrogen (secondary N) is 1. The molecule has 19 heavy (non-hydrogen) atoms. The van der Waals surface area contributed by atoms with Gasteiger partial charge in [-0.15, -0.1) is 0 Å². The minimum atomic E-state index is -0.557. The van der Waals surface area contributed by atoms with Crippen molar-refractivity contribution < 1.29 is 4.92 Å². The highest BCUT2D eigenvalue weighted by molar-refractivity contribution is 5.65. The predicted octanol–water partition coefficient (Wildman–Crippen LogP) is 3.52. The molecule has 5 nitrogen and oxygen atoms in total. The van der Waals surface area contributed by atoms with Crippen LogP contribution in [0.2, 0.25) is 0 Å². The van der Waals surface area contributed by atoms with Crippen LogP contribution in [-0.2, 0) is 0 Å². The maximum Gasteiger partial charge on any atom is 0.289 e. The fourth-order valence-corrected chi connectivity index (χ4v) is 1.66. The van der Waals surface area contributed by atoms with Crippen LogP contribution in [0.4, 0.5) is 17.1 Å². The van der Waals surface area contributed by atoms with Crippen LogP contribution < -0.4 is 5.32 Å². The summed E-state index contributed by atoms with van der Waals surface area (Å²) in [6, 6.07) is 13.9. The molecule has 0 saturated carbocycles. The van der Waals surface area contributed by atoms with Crippen molar-refractivity contribution in [2.45, 2.75) is 6.92 Å². The Kier molecular flexibility index (Phi) is 3.44. The van der Waals surface area contributed by atoms with Gasteiger partial charge in [-0.2, -0.15) is 5.26 Å². The number of hydrogen-bond acceptors (Lipinski definition) is 4. The Labute approximate surface area is 110 Å². The predicted molar refractivity (Wildman–Crippen MR) is 72.3 cm³/mol. The molecule has 0 aliphatic rings. The standard InChI is InChI=1S/C14H11N3O2/c1-10-2-5-12(6-3-10)16-13-7-4-11(9-15)14(8-13)17(18)19/h2-8,16H,1H3. The van der Waals surface area contributed by atoms with Gasteiger partial charge in [0.1, 0.15) is 11.6 Å². The third-order valence-electron chi connectivity index (χ3n) is 2.66. The normalized spacial score (nSPS) is 9.68. The SMILES string of the molecule is Cc1ccc(Nc2ccc(C#N)c([N+](=O)[O-])c2)cc1. The summed E-state index contributed by atoms with van der Waals surface area (Å²) < 4.78 is 0. The molecule has 0 unspecified atom stereocenters. The zero-order valence-electron chi connectivity index (χ0n) is 10.3. The molecule has 0 spiro atoms. The van der Waals surface area contributed by atoms with Gasteiger partial charge < -0.3 is 5.32 Å². The van der Waals surface area contributed by atoms with Gasteiger partial charge in [0.05, 0.1) is 4.92 Å². The first-order valence-electron chi connectivity index (χ1n) is 5.62. The molecule has 0 atom stereocenters. The van der Waals surface area contributed by atoms with Gasteiger partial charge in [-0.3, -0.25) is 10.1 Å². The highest BCUT2D eigenvalue weighted by atomic mass is 16.6. The van der Waals surface area contributed by atoms with Gasteiger partial charge in [-0.05, 0) is 31.2 Å². The van der Waals surface area contributed by atoms with Crippen molar-refractivity contribution >= 4 is 17.1 Å². The van der Waals surface area contributed by atoms with Gasteiger partial charge >= 0.3 is 0 Å². The number of rotatable bonds is 3. The summed E-state index contributed by atoms with van der Waals surface area (Å²) >= 11 is 0. The van der Waals surface area contributed by atoms with Crippen molar-refractivity contribution in [3.63, 3.8) is 0 Å². The molecule has 0 saturated heterocycles. The number of benzene rings is 2. The average Bonchev–Trinajstić information content (AvgIpc) is 2.41. The van der Waals surface area contributed by atoms with Gasteiger partial charge in [0.2, 0.25) is 0 Å². The summed E-state index contributed by atoms with van der Waals surface area (Å²) in [5.41, 5.74) is 2.41. The molecule has 0 aliphatic heterocycles. The number of aryl methyl sites for hydroxylation is 1. The van der Waals surface area contributed by atoms with Gasteiger partial charge in [-0.25, -0.2) is 0 Å². The number of nitrogens with zero attached hydrogens (tertiary/aromatic N) is 2. The van der Waals surface area contributed by atoms with Crippen LogP contribution in [-0.4, -0.2) is 4.92 Å². The number of anilines is 2. The smallest absolute Gasteiger partial charge is 0.289 e.